The fourth-order valence-corrected chi connectivity index (χ4v) is 3.37. The van der Waals surface area contributed by atoms with E-state index < -0.39 is 4.92 Å². The molecule has 2 aromatic rings. The summed E-state index contributed by atoms with van der Waals surface area (Å²) in [5, 5.41) is 10.9. The van der Waals surface area contributed by atoms with E-state index in [-0.39, 0.29) is 5.69 Å². The van der Waals surface area contributed by atoms with Crippen LogP contribution in [0, 0.1) is 17.3 Å². The number of hydrogen-bond donors (Lipinski definition) is 0. The second-order valence-corrected chi connectivity index (χ2v) is 5.99. The van der Waals surface area contributed by atoms with Crippen LogP contribution >= 0.6 is 45.2 Å². The van der Waals surface area contributed by atoms with Crippen molar-refractivity contribution in [2.45, 2.75) is 0 Å². The number of hydrogen-bond acceptors (Lipinski definition) is 4. The van der Waals surface area contributed by atoms with Crippen molar-refractivity contribution in [3.63, 3.8) is 0 Å². The molecule has 0 amide bonds. The normalized spacial score (nSPS) is 10.2. The van der Waals surface area contributed by atoms with E-state index in [1.54, 1.807) is 37.4 Å². The molecule has 0 radical (unpaired) electrons. The van der Waals surface area contributed by atoms with E-state index in [2.05, 4.69) is 22.6 Å². The van der Waals surface area contributed by atoms with Gasteiger partial charge < -0.3 is 9.47 Å². The van der Waals surface area contributed by atoms with Gasteiger partial charge in [-0.2, -0.15) is 0 Å². The molecule has 0 aliphatic heterocycles. The summed E-state index contributed by atoms with van der Waals surface area (Å²) in [6.07, 6.45) is 0. The Kier molecular flexibility index (Phi) is 5.02. The summed E-state index contributed by atoms with van der Waals surface area (Å²) in [5.41, 5.74) is 0.0366. The van der Waals surface area contributed by atoms with Crippen molar-refractivity contribution in [3.05, 3.63) is 53.7 Å². The molecular formula is C13H9I2NO4. The van der Waals surface area contributed by atoms with Crippen LogP contribution in [0.25, 0.3) is 0 Å². The van der Waals surface area contributed by atoms with Gasteiger partial charge >= 0.3 is 0 Å². The monoisotopic (exact) mass is 497 g/mol. The molecule has 5 nitrogen and oxygen atoms in total. The van der Waals surface area contributed by atoms with Crippen molar-refractivity contribution in [2.24, 2.45) is 0 Å². The standard InChI is InChI=1S/C13H9I2NO4/c1-19-8-2-4-9(5-3-8)20-13-10(14)6-7-11(12(13)15)16(17)18/h2-7H,1H3. The number of rotatable bonds is 4. The topological polar surface area (TPSA) is 61.6 Å². The van der Waals surface area contributed by atoms with Crippen molar-refractivity contribution < 1.29 is 14.4 Å². The molecule has 0 fully saturated rings. The fraction of sp³-hybridized carbons (Fsp3) is 0.0769. The Morgan fingerprint density at radius 1 is 1.05 bits per heavy atom. The molecule has 2 rings (SSSR count). The maximum atomic E-state index is 10.9. The lowest BCUT2D eigenvalue weighted by Crippen LogP contribution is -1.97. The Balaban J connectivity index is 2.36. The Labute approximate surface area is 142 Å². The van der Waals surface area contributed by atoms with E-state index in [1.807, 2.05) is 22.6 Å². The molecule has 0 saturated carbocycles. The molecule has 0 spiro atoms. The maximum Gasteiger partial charge on any atom is 0.286 e. The summed E-state index contributed by atoms with van der Waals surface area (Å²) in [4.78, 5) is 10.5. The number of ether oxygens (including phenoxy) is 2. The van der Waals surface area contributed by atoms with Gasteiger partial charge in [-0.05, 0) is 75.5 Å². The van der Waals surface area contributed by atoms with Gasteiger partial charge in [-0.25, -0.2) is 0 Å². The summed E-state index contributed by atoms with van der Waals surface area (Å²) < 4.78 is 12.1. The summed E-state index contributed by atoms with van der Waals surface area (Å²) in [6.45, 7) is 0. The first-order valence-corrected chi connectivity index (χ1v) is 7.63. The van der Waals surface area contributed by atoms with Crippen molar-refractivity contribution in [1.29, 1.82) is 0 Å². The molecule has 7 heteroatoms. The summed E-state index contributed by atoms with van der Waals surface area (Å²) in [6, 6.07) is 10.2. The van der Waals surface area contributed by atoms with E-state index in [1.165, 1.54) is 6.07 Å². The fourth-order valence-electron chi connectivity index (χ4n) is 1.52. The summed E-state index contributed by atoms with van der Waals surface area (Å²) >= 11 is 4.02. The van der Waals surface area contributed by atoms with Gasteiger partial charge in [0.2, 0.25) is 0 Å². The predicted molar refractivity (Wildman–Crippen MR) is 91.6 cm³/mol. The van der Waals surface area contributed by atoms with Crippen LogP contribution in [0.5, 0.6) is 17.2 Å². The molecule has 0 atom stereocenters. The molecule has 2 aromatic carbocycles. The third kappa shape index (κ3) is 3.32. The SMILES string of the molecule is COc1ccc(Oc2c(I)ccc([N+](=O)[O-])c2I)cc1. The Bertz CT molecular complexity index is 644. The first-order chi connectivity index (χ1) is 9.52. The lowest BCUT2D eigenvalue weighted by Gasteiger charge is -2.10. The summed E-state index contributed by atoms with van der Waals surface area (Å²) in [5.74, 6) is 1.81. The van der Waals surface area contributed by atoms with Crippen LogP contribution in [-0.2, 0) is 0 Å². The van der Waals surface area contributed by atoms with Crippen LogP contribution in [0.15, 0.2) is 36.4 Å². The van der Waals surface area contributed by atoms with Crippen LogP contribution in [0.4, 0.5) is 5.69 Å². The van der Waals surface area contributed by atoms with Gasteiger partial charge in [0.15, 0.2) is 5.75 Å². The van der Waals surface area contributed by atoms with Crippen molar-refractivity contribution in [3.8, 4) is 17.2 Å². The van der Waals surface area contributed by atoms with Crippen LogP contribution < -0.4 is 9.47 Å². The third-order valence-corrected chi connectivity index (χ3v) is 4.40. The minimum absolute atomic E-state index is 0.0366. The van der Waals surface area contributed by atoms with E-state index in [0.717, 1.165) is 9.32 Å². The molecule has 0 aliphatic carbocycles. The molecule has 0 saturated heterocycles. The highest BCUT2D eigenvalue weighted by Gasteiger charge is 2.19. The zero-order valence-electron chi connectivity index (χ0n) is 10.3. The lowest BCUT2D eigenvalue weighted by atomic mass is 10.3. The van der Waals surface area contributed by atoms with Crippen LogP contribution in [0.3, 0.4) is 0 Å². The van der Waals surface area contributed by atoms with Crippen LogP contribution in [0.2, 0.25) is 0 Å². The van der Waals surface area contributed by atoms with E-state index >= 15 is 0 Å². The molecular weight excluding hydrogens is 488 g/mol. The molecule has 0 unspecified atom stereocenters. The first kappa shape index (κ1) is 15.3. The number of benzene rings is 2. The first-order valence-electron chi connectivity index (χ1n) is 5.47. The minimum Gasteiger partial charge on any atom is -0.497 e. The lowest BCUT2D eigenvalue weighted by molar-refractivity contribution is -0.385. The predicted octanol–water partition coefficient (Wildman–Crippen LogP) is 4.60. The molecule has 0 aliphatic rings. The largest absolute Gasteiger partial charge is 0.497 e. The highest BCUT2D eigenvalue weighted by atomic mass is 127. The molecule has 0 aromatic heterocycles. The quantitative estimate of drug-likeness (QED) is 0.352. The zero-order chi connectivity index (χ0) is 14.7. The second kappa shape index (κ2) is 6.57. The molecule has 0 heterocycles. The van der Waals surface area contributed by atoms with Gasteiger partial charge in [-0.3, -0.25) is 10.1 Å². The van der Waals surface area contributed by atoms with Crippen molar-refractivity contribution in [1.82, 2.24) is 0 Å². The molecule has 0 bridgehead atoms. The number of nitro groups is 1. The van der Waals surface area contributed by atoms with Crippen molar-refractivity contribution in [2.75, 3.05) is 7.11 Å². The van der Waals surface area contributed by atoms with Gasteiger partial charge in [0.25, 0.3) is 5.69 Å². The Hall–Kier alpha value is -1.10. The average molecular weight is 497 g/mol. The third-order valence-electron chi connectivity index (χ3n) is 2.50. The highest BCUT2D eigenvalue weighted by Crippen LogP contribution is 2.37. The van der Waals surface area contributed by atoms with E-state index in [9.17, 15) is 10.1 Å². The Morgan fingerprint density at radius 2 is 1.65 bits per heavy atom. The van der Waals surface area contributed by atoms with E-state index in [0.29, 0.717) is 15.1 Å². The number of nitro benzene ring substituents is 1. The number of methoxy groups -OCH3 is 1. The minimum atomic E-state index is -0.418. The molecule has 0 N–H and O–H groups in total. The summed E-state index contributed by atoms with van der Waals surface area (Å²) in [7, 11) is 1.59. The number of halogens is 2. The smallest absolute Gasteiger partial charge is 0.286 e. The number of nitrogens with zero attached hydrogens (tertiary/aromatic N) is 1. The molecule has 104 valence electrons. The average Bonchev–Trinajstić information content (AvgIpc) is 2.43. The second-order valence-electron chi connectivity index (χ2n) is 3.74. The van der Waals surface area contributed by atoms with Gasteiger partial charge in [0.1, 0.15) is 15.1 Å². The Morgan fingerprint density at radius 3 is 2.20 bits per heavy atom. The highest BCUT2D eigenvalue weighted by molar-refractivity contribution is 14.1. The zero-order valence-corrected chi connectivity index (χ0v) is 14.6. The van der Waals surface area contributed by atoms with Gasteiger partial charge in [0.05, 0.1) is 15.6 Å². The van der Waals surface area contributed by atoms with Gasteiger partial charge in [0, 0.05) is 6.07 Å². The van der Waals surface area contributed by atoms with Crippen LogP contribution in [-0.4, -0.2) is 12.0 Å². The van der Waals surface area contributed by atoms with Gasteiger partial charge in [-0.1, -0.05) is 0 Å². The molecule has 20 heavy (non-hydrogen) atoms. The maximum absolute atomic E-state index is 10.9. The van der Waals surface area contributed by atoms with E-state index in [4.69, 9.17) is 9.47 Å². The van der Waals surface area contributed by atoms with Crippen molar-refractivity contribution >= 4 is 50.9 Å². The van der Waals surface area contributed by atoms with Crippen LogP contribution in [0.1, 0.15) is 0 Å². The van der Waals surface area contributed by atoms with Gasteiger partial charge in [-0.15, -0.1) is 0 Å².